The van der Waals surface area contributed by atoms with Gasteiger partial charge >= 0.3 is 0 Å². The molecule has 5 rings (SSSR count). The van der Waals surface area contributed by atoms with Gasteiger partial charge in [-0.1, -0.05) is 6.42 Å². The summed E-state index contributed by atoms with van der Waals surface area (Å²) >= 11 is 0. The summed E-state index contributed by atoms with van der Waals surface area (Å²) in [5.41, 5.74) is 3.67. The van der Waals surface area contributed by atoms with Crippen LogP contribution in [-0.4, -0.2) is 40.0 Å². The Hall–Kier alpha value is -2.18. The zero-order valence-corrected chi connectivity index (χ0v) is 15.7. The minimum Gasteiger partial charge on any atom is -0.462 e. The first-order valence-electron chi connectivity index (χ1n) is 9.89. The first-order chi connectivity index (χ1) is 13.1. The molecule has 1 saturated heterocycles. The summed E-state index contributed by atoms with van der Waals surface area (Å²) in [6.07, 6.45) is 5.91. The van der Waals surface area contributed by atoms with Gasteiger partial charge in [0.05, 0.1) is 12.3 Å². The Morgan fingerprint density at radius 3 is 2.70 bits per heavy atom. The molecule has 1 spiro atoms. The maximum atomic E-state index is 11.3. The number of hydrogen-bond donors (Lipinski definition) is 1. The van der Waals surface area contributed by atoms with Crippen molar-refractivity contribution < 1.29 is 9.47 Å². The second-order valence-corrected chi connectivity index (χ2v) is 8.00. The Bertz CT molecular complexity index is 891. The molecule has 6 nitrogen and oxygen atoms in total. The van der Waals surface area contributed by atoms with Crippen LogP contribution in [0.3, 0.4) is 0 Å². The van der Waals surface area contributed by atoms with Gasteiger partial charge in [-0.15, -0.1) is 0 Å². The number of aromatic amines is 1. The molecule has 1 aromatic carbocycles. The molecule has 3 aliphatic rings. The fourth-order valence-corrected chi connectivity index (χ4v) is 4.37. The Morgan fingerprint density at radius 2 is 2.04 bits per heavy atom. The van der Waals surface area contributed by atoms with Crippen molar-refractivity contribution in [2.75, 3.05) is 13.1 Å². The van der Waals surface area contributed by atoms with Crippen molar-refractivity contribution in [3.63, 3.8) is 0 Å². The first kappa shape index (κ1) is 17.0. The number of benzene rings is 1. The number of nitrogens with zero attached hydrogens (tertiary/aromatic N) is 2. The third-order valence-corrected chi connectivity index (χ3v) is 6.30. The number of rotatable bonds is 2. The number of aryl methyl sites for hydroxylation is 1. The molecule has 2 aliphatic heterocycles. The number of fused-ring (bicyclic) bond motifs is 1. The number of aromatic nitrogens is 2. The molecule has 142 valence electrons. The van der Waals surface area contributed by atoms with Crippen LogP contribution in [0.5, 0.6) is 5.75 Å². The summed E-state index contributed by atoms with van der Waals surface area (Å²) in [6, 6.07) is 8.18. The quantitative estimate of drug-likeness (QED) is 0.884. The molecule has 1 N–H and O–H groups in total. The summed E-state index contributed by atoms with van der Waals surface area (Å²) in [6.45, 7) is 4.71. The lowest BCUT2D eigenvalue weighted by Gasteiger charge is -2.47. The standard InChI is InChI=1S/C21H25N3O3/c1-14-11-19-15(12-17(14)18-5-6-20(25)23-22-18)13-26-21(27-19)7-9-24(10-8-21)16-3-2-4-16/h5-6,11-12,16H,2-4,7-10,13H2,1H3,(H,23,25). The van der Waals surface area contributed by atoms with Gasteiger partial charge in [-0.05, 0) is 43.5 Å². The monoisotopic (exact) mass is 367 g/mol. The van der Waals surface area contributed by atoms with Gasteiger partial charge in [-0.2, -0.15) is 5.10 Å². The molecule has 1 saturated carbocycles. The fourth-order valence-electron chi connectivity index (χ4n) is 4.37. The largest absolute Gasteiger partial charge is 0.462 e. The number of piperidine rings is 1. The third kappa shape index (κ3) is 3.07. The third-order valence-electron chi connectivity index (χ3n) is 6.30. The van der Waals surface area contributed by atoms with Gasteiger partial charge < -0.3 is 9.47 Å². The summed E-state index contributed by atoms with van der Waals surface area (Å²) in [7, 11) is 0. The van der Waals surface area contributed by atoms with E-state index in [0.29, 0.717) is 6.61 Å². The molecule has 1 aliphatic carbocycles. The predicted octanol–water partition coefficient (Wildman–Crippen LogP) is 3.00. The minimum atomic E-state index is -0.475. The lowest BCUT2D eigenvalue weighted by atomic mass is 9.89. The second-order valence-electron chi connectivity index (χ2n) is 8.00. The van der Waals surface area contributed by atoms with E-state index in [1.807, 2.05) is 6.92 Å². The molecule has 1 aromatic heterocycles. The smallest absolute Gasteiger partial charge is 0.264 e. The summed E-state index contributed by atoms with van der Waals surface area (Å²) in [4.78, 5) is 13.9. The first-order valence-corrected chi connectivity index (χ1v) is 9.89. The van der Waals surface area contributed by atoms with E-state index in [1.165, 1.54) is 25.3 Å². The van der Waals surface area contributed by atoms with Crippen molar-refractivity contribution >= 4 is 0 Å². The van der Waals surface area contributed by atoms with E-state index in [9.17, 15) is 4.79 Å². The van der Waals surface area contributed by atoms with Crippen molar-refractivity contribution in [3.05, 3.63) is 45.7 Å². The van der Waals surface area contributed by atoms with E-state index in [1.54, 1.807) is 6.07 Å². The summed E-state index contributed by atoms with van der Waals surface area (Å²) < 4.78 is 12.6. The lowest BCUT2D eigenvalue weighted by Crippen LogP contribution is -2.54. The number of H-pyrrole nitrogens is 1. The maximum absolute atomic E-state index is 11.3. The SMILES string of the molecule is Cc1cc2c(cc1-c1ccc(=O)[nH]n1)COC1(CCN(C3CCC3)CC1)O2. The Kier molecular flexibility index (Phi) is 4.06. The molecule has 3 heterocycles. The van der Waals surface area contributed by atoms with Gasteiger partial charge in [0.15, 0.2) is 0 Å². The molecule has 2 fully saturated rings. The van der Waals surface area contributed by atoms with Crippen LogP contribution in [0.15, 0.2) is 29.1 Å². The molecule has 0 atom stereocenters. The van der Waals surface area contributed by atoms with E-state index in [2.05, 4.69) is 27.2 Å². The van der Waals surface area contributed by atoms with Crippen molar-refractivity contribution in [2.45, 2.75) is 57.5 Å². The molecule has 0 unspecified atom stereocenters. The molecule has 0 radical (unpaired) electrons. The van der Waals surface area contributed by atoms with Crippen molar-refractivity contribution in [1.29, 1.82) is 0 Å². The van der Waals surface area contributed by atoms with Crippen LogP contribution >= 0.6 is 0 Å². The molecule has 0 bridgehead atoms. The molecule has 2 aromatic rings. The van der Waals surface area contributed by atoms with Crippen LogP contribution in [0, 0.1) is 6.92 Å². The van der Waals surface area contributed by atoms with E-state index < -0.39 is 5.79 Å². The van der Waals surface area contributed by atoms with Gasteiger partial charge in [0.2, 0.25) is 5.79 Å². The molecular weight excluding hydrogens is 342 g/mol. The highest BCUT2D eigenvalue weighted by molar-refractivity contribution is 5.66. The van der Waals surface area contributed by atoms with Gasteiger partial charge in [-0.3, -0.25) is 9.69 Å². The van der Waals surface area contributed by atoms with Crippen molar-refractivity contribution in [1.82, 2.24) is 15.1 Å². The summed E-state index contributed by atoms with van der Waals surface area (Å²) in [5, 5.41) is 6.66. The van der Waals surface area contributed by atoms with Crippen LogP contribution in [0.4, 0.5) is 0 Å². The Balaban J connectivity index is 1.36. The number of nitrogens with one attached hydrogen (secondary N) is 1. The van der Waals surface area contributed by atoms with Gasteiger partial charge in [0.1, 0.15) is 5.75 Å². The number of ether oxygens (including phenoxy) is 2. The topological polar surface area (TPSA) is 67.5 Å². The Morgan fingerprint density at radius 1 is 1.22 bits per heavy atom. The van der Waals surface area contributed by atoms with Crippen LogP contribution < -0.4 is 10.3 Å². The predicted molar refractivity (Wildman–Crippen MR) is 102 cm³/mol. The van der Waals surface area contributed by atoms with E-state index in [0.717, 1.165) is 60.1 Å². The van der Waals surface area contributed by atoms with Crippen molar-refractivity contribution in [2.24, 2.45) is 0 Å². The zero-order valence-electron chi connectivity index (χ0n) is 15.7. The van der Waals surface area contributed by atoms with E-state index >= 15 is 0 Å². The molecular formula is C21H25N3O3. The zero-order chi connectivity index (χ0) is 18.4. The van der Waals surface area contributed by atoms with Gasteiger partial charge in [-0.25, -0.2) is 5.10 Å². The number of likely N-dealkylation sites (tertiary alicyclic amines) is 1. The second kappa shape index (κ2) is 6.46. The van der Waals surface area contributed by atoms with Gasteiger partial charge in [0.25, 0.3) is 5.56 Å². The van der Waals surface area contributed by atoms with Gasteiger partial charge in [0, 0.05) is 49.2 Å². The highest BCUT2D eigenvalue weighted by Crippen LogP contribution is 2.41. The molecule has 27 heavy (non-hydrogen) atoms. The highest BCUT2D eigenvalue weighted by Gasteiger charge is 2.42. The van der Waals surface area contributed by atoms with Crippen LogP contribution in [0.1, 0.15) is 43.2 Å². The lowest BCUT2D eigenvalue weighted by molar-refractivity contribution is -0.231. The average molecular weight is 367 g/mol. The number of hydrogen-bond acceptors (Lipinski definition) is 5. The van der Waals surface area contributed by atoms with Crippen molar-refractivity contribution in [3.8, 4) is 17.0 Å². The normalized spacial score (nSPS) is 22.1. The van der Waals surface area contributed by atoms with Crippen LogP contribution in [0.2, 0.25) is 0 Å². The van der Waals surface area contributed by atoms with E-state index in [-0.39, 0.29) is 5.56 Å². The van der Waals surface area contributed by atoms with E-state index in [4.69, 9.17) is 9.47 Å². The Labute approximate surface area is 158 Å². The molecule has 6 heteroatoms. The summed E-state index contributed by atoms with van der Waals surface area (Å²) in [5.74, 6) is 0.446. The van der Waals surface area contributed by atoms with Crippen LogP contribution in [-0.2, 0) is 11.3 Å². The minimum absolute atomic E-state index is 0.198. The highest BCUT2D eigenvalue weighted by atomic mass is 16.7. The maximum Gasteiger partial charge on any atom is 0.264 e. The fraction of sp³-hybridized carbons (Fsp3) is 0.524. The molecule has 0 amide bonds. The van der Waals surface area contributed by atoms with Crippen LogP contribution in [0.25, 0.3) is 11.3 Å². The average Bonchev–Trinajstić information content (AvgIpc) is 2.63.